The molecule has 2 aromatic carbocycles. The van der Waals surface area contributed by atoms with Gasteiger partial charge in [-0.15, -0.1) is 10.2 Å². The van der Waals surface area contributed by atoms with Gasteiger partial charge in [-0.3, -0.25) is 4.79 Å². The van der Waals surface area contributed by atoms with Gasteiger partial charge in [-0.1, -0.05) is 41.7 Å². The van der Waals surface area contributed by atoms with Crippen LogP contribution in [0.5, 0.6) is 0 Å². The third-order valence-electron chi connectivity index (χ3n) is 3.76. The van der Waals surface area contributed by atoms with Crippen molar-refractivity contribution in [2.24, 2.45) is 0 Å². The van der Waals surface area contributed by atoms with Crippen molar-refractivity contribution in [3.05, 3.63) is 70.2 Å². The fraction of sp³-hybridized carbons (Fsp3) is 0.150. The average Bonchev–Trinajstić information content (AvgIpc) is 3.23. The van der Waals surface area contributed by atoms with Crippen molar-refractivity contribution >= 4 is 40.6 Å². The van der Waals surface area contributed by atoms with Crippen LogP contribution in [0.3, 0.4) is 0 Å². The van der Waals surface area contributed by atoms with E-state index in [0.717, 1.165) is 11.3 Å². The van der Waals surface area contributed by atoms with Crippen LogP contribution in [0.4, 0.5) is 16.2 Å². The van der Waals surface area contributed by atoms with Crippen molar-refractivity contribution in [1.29, 1.82) is 0 Å². The highest BCUT2D eigenvalue weighted by molar-refractivity contribution is 7.13. The Morgan fingerprint density at radius 1 is 0.967 bits per heavy atom. The summed E-state index contributed by atoms with van der Waals surface area (Å²) in [5.41, 5.74) is 1.23. The monoisotopic (exact) mass is 425 g/mol. The lowest BCUT2D eigenvalue weighted by molar-refractivity contribution is 0.0527. The minimum absolute atomic E-state index is 0.0731. The minimum atomic E-state index is -0.530. The number of rotatable bonds is 7. The second-order valence-electron chi connectivity index (χ2n) is 5.89. The standard InChI is InChI=1S/C20H19N5O4S/c1-2-29-19(27)14-10-6-7-11-15(14)23-20(28)21-12-16-24-25-18(30-16)17(26)22-13-8-4-3-5-9-13/h3-11H,2,12H2,1H3,(H,22,26)(H2,21,23,28). The molecule has 30 heavy (non-hydrogen) atoms. The summed E-state index contributed by atoms with van der Waals surface area (Å²) >= 11 is 1.07. The highest BCUT2D eigenvalue weighted by atomic mass is 32.1. The average molecular weight is 425 g/mol. The molecule has 3 N–H and O–H groups in total. The summed E-state index contributed by atoms with van der Waals surface area (Å²) in [5.74, 6) is -0.899. The number of amides is 3. The number of para-hydroxylation sites is 2. The number of aromatic nitrogens is 2. The van der Waals surface area contributed by atoms with Gasteiger partial charge >= 0.3 is 12.0 Å². The zero-order valence-electron chi connectivity index (χ0n) is 16.0. The zero-order chi connectivity index (χ0) is 21.3. The molecule has 3 aromatic rings. The molecule has 3 rings (SSSR count). The van der Waals surface area contributed by atoms with E-state index in [4.69, 9.17) is 4.74 Å². The van der Waals surface area contributed by atoms with Crippen LogP contribution in [0.15, 0.2) is 54.6 Å². The Balaban J connectivity index is 1.55. The molecular formula is C20H19N5O4S. The van der Waals surface area contributed by atoms with Crippen LogP contribution in [0.1, 0.15) is 32.1 Å². The summed E-state index contributed by atoms with van der Waals surface area (Å²) in [6.07, 6.45) is 0. The number of carbonyl (C=O) groups excluding carboxylic acids is 3. The molecule has 0 aliphatic heterocycles. The number of ether oxygens (including phenoxy) is 1. The predicted octanol–water partition coefficient (Wildman–Crippen LogP) is 3.29. The molecule has 0 aliphatic rings. The molecule has 0 fully saturated rings. The fourth-order valence-electron chi connectivity index (χ4n) is 2.42. The molecule has 3 amide bonds. The number of carbonyl (C=O) groups is 3. The van der Waals surface area contributed by atoms with E-state index >= 15 is 0 Å². The largest absolute Gasteiger partial charge is 0.462 e. The van der Waals surface area contributed by atoms with E-state index in [2.05, 4.69) is 26.1 Å². The van der Waals surface area contributed by atoms with E-state index in [1.807, 2.05) is 18.2 Å². The van der Waals surface area contributed by atoms with Gasteiger partial charge in [0.15, 0.2) is 0 Å². The number of benzene rings is 2. The van der Waals surface area contributed by atoms with Gasteiger partial charge in [0.05, 0.1) is 24.4 Å². The van der Waals surface area contributed by atoms with Gasteiger partial charge in [0, 0.05) is 5.69 Å². The molecule has 0 saturated heterocycles. The van der Waals surface area contributed by atoms with E-state index in [0.29, 0.717) is 16.4 Å². The molecule has 0 bridgehead atoms. The maximum Gasteiger partial charge on any atom is 0.340 e. The molecule has 0 saturated carbocycles. The van der Waals surface area contributed by atoms with E-state index in [9.17, 15) is 14.4 Å². The second-order valence-corrected chi connectivity index (χ2v) is 6.96. The van der Waals surface area contributed by atoms with Crippen molar-refractivity contribution in [2.75, 3.05) is 17.2 Å². The molecule has 0 spiro atoms. The summed E-state index contributed by atoms with van der Waals surface area (Å²) in [6, 6.07) is 15.0. The first-order valence-corrected chi connectivity index (χ1v) is 9.88. The smallest absolute Gasteiger partial charge is 0.340 e. The van der Waals surface area contributed by atoms with Crippen molar-refractivity contribution in [3.63, 3.8) is 0 Å². The van der Waals surface area contributed by atoms with Crippen molar-refractivity contribution in [3.8, 4) is 0 Å². The number of urea groups is 1. The molecule has 1 aromatic heterocycles. The maximum atomic E-state index is 12.2. The Kier molecular flexibility index (Phi) is 7.06. The van der Waals surface area contributed by atoms with Crippen LogP contribution in [0, 0.1) is 0 Å². The number of nitrogens with zero attached hydrogens (tertiary/aromatic N) is 2. The van der Waals surface area contributed by atoms with Gasteiger partial charge in [-0.2, -0.15) is 0 Å². The summed E-state index contributed by atoms with van der Waals surface area (Å²) in [7, 11) is 0. The summed E-state index contributed by atoms with van der Waals surface area (Å²) in [4.78, 5) is 36.4. The quantitative estimate of drug-likeness (QED) is 0.499. The maximum absolute atomic E-state index is 12.2. The predicted molar refractivity (Wildman–Crippen MR) is 113 cm³/mol. The number of hydrogen-bond donors (Lipinski definition) is 3. The van der Waals surface area contributed by atoms with Crippen LogP contribution >= 0.6 is 11.3 Å². The lowest BCUT2D eigenvalue weighted by Crippen LogP contribution is -2.29. The van der Waals surface area contributed by atoms with Gasteiger partial charge in [-0.05, 0) is 31.2 Å². The Labute approximate surface area is 176 Å². The van der Waals surface area contributed by atoms with Gasteiger partial charge in [0.2, 0.25) is 5.01 Å². The molecule has 0 aliphatic carbocycles. The van der Waals surface area contributed by atoms with Crippen LogP contribution in [0.2, 0.25) is 0 Å². The lowest BCUT2D eigenvalue weighted by Gasteiger charge is -2.10. The van der Waals surface area contributed by atoms with Gasteiger partial charge < -0.3 is 20.7 Å². The van der Waals surface area contributed by atoms with Crippen LogP contribution in [-0.4, -0.2) is 34.7 Å². The zero-order valence-corrected chi connectivity index (χ0v) is 16.9. The topological polar surface area (TPSA) is 122 Å². The first kappa shape index (κ1) is 20.9. The molecule has 0 unspecified atom stereocenters. The fourth-order valence-corrected chi connectivity index (χ4v) is 3.10. The van der Waals surface area contributed by atoms with Crippen molar-refractivity contribution in [2.45, 2.75) is 13.5 Å². The molecule has 1 heterocycles. The van der Waals surface area contributed by atoms with Crippen LogP contribution in [0.25, 0.3) is 0 Å². The van der Waals surface area contributed by atoms with Gasteiger partial charge in [-0.25, -0.2) is 9.59 Å². The molecule has 0 radical (unpaired) electrons. The molecule has 0 atom stereocenters. The summed E-state index contributed by atoms with van der Waals surface area (Å²) < 4.78 is 4.98. The van der Waals surface area contributed by atoms with E-state index < -0.39 is 12.0 Å². The molecule has 9 nitrogen and oxygen atoms in total. The number of anilines is 2. The SMILES string of the molecule is CCOC(=O)c1ccccc1NC(=O)NCc1nnc(C(=O)Nc2ccccc2)s1. The van der Waals surface area contributed by atoms with Crippen LogP contribution in [-0.2, 0) is 11.3 Å². The third kappa shape index (κ3) is 5.61. The molecule has 154 valence electrons. The normalized spacial score (nSPS) is 10.2. The highest BCUT2D eigenvalue weighted by Crippen LogP contribution is 2.17. The van der Waals surface area contributed by atoms with E-state index in [1.54, 1.807) is 43.3 Å². The summed E-state index contributed by atoms with van der Waals surface area (Å²) in [6.45, 7) is 2.01. The number of hydrogen-bond acceptors (Lipinski definition) is 7. The highest BCUT2D eigenvalue weighted by Gasteiger charge is 2.16. The van der Waals surface area contributed by atoms with E-state index in [-0.39, 0.29) is 29.6 Å². The third-order valence-corrected chi connectivity index (χ3v) is 4.69. The van der Waals surface area contributed by atoms with Gasteiger partial charge in [0.25, 0.3) is 5.91 Å². The second kappa shape index (κ2) is 10.1. The first-order chi connectivity index (χ1) is 14.6. The van der Waals surface area contributed by atoms with Gasteiger partial charge in [0.1, 0.15) is 5.01 Å². The van der Waals surface area contributed by atoms with Crippen molar-refractivity contribution < 1.29 is 19.1 Å². The minimum Gasteiger partial charge on any atom is -0.462 e. The Morgan fingerprint density at radius 3 is 2.47 bits per heavy atom. The Morgan fingerprint density at radius 2 is 1.70 bits per heavy atom. The lowest BCUT2D eigenvalue weighted by atomic mass is 10.2. The molecular weight excluding hydrogens is 406 g/mol. The Bertz CT molecular complexity index is 1040. The van der Waals surface area contributed by atoms with Crippen LogP contribution < -0.4 is 16.0 Å². The van der Waals surface area contributed by atoms with Crippen molar-refractivity contribution in [1.82, 2.24) is 15.5 Å². The number of esters is 1. The Hall–Kier alpha value is -3.79. The molecule has 10 heteroatoms. The number of nitrogens with one attached hydrogen (secondary N) is 3. The summed E-state index contributed by atoms with van der Waals surface area (Å²) in [5, 5.41) is 16.4. The first-order valence-electron chi connectivity index (χ1n) is 9.06. The van der Waals surface area contributed by atoms with E-state index in [1.165, 1.54) is 0 Å².